The van der Waals surface area contributed by atoms with Crippen molar-refractivity contribution < 1.29 is 0 Å². The van der Waals surface area contributed by atoms with Gasteiger partial charge in [0.2, 0.25) is 0 Å². The van der Waals surface area contributed by atoms with Crippen molar-refractivity contribution in [3.63, 3.8) is 0 Å². The summed E-state index contributed by atoms with van der Waals surface area (Å²) in [5, 5.41) is 7.42. The normalized spacial score (nSPS) is 16.1. The Labute approximate surface area is 172 Å². The fraction of sp³-hybridized carbons (Fsp3) is 0.500. The van der Waals surface area contributed by atoms with E-state index >= 15 is 0 Å². The van der Waals surface area contributed by atoms with Gasteiger partial charge < -0.3 is 10.6 Å². The predicted octanol–water partition coefficient (Wildman–Crippen LogP) is 5.08. The van der Waals surface area contributed by atoms with Crippen LogP contribution in [0.3, 0.4) is 0 Å². The summed E-state index contributed by atoms with van der Waals surface area (Å²) < 4.78 is 0. The van der Waals surface area contributed by atoms with Crippen LogP contribution >= 0.6 is 13.5 Å². The lowest BCUT2D eigenvalue weighted by Gasteiger charge is -2.28. The molecule has 0 spiro atoms. The Bertz CT molecular complexity index is 571. The van der Waals surface area contributed by atoms with Crippen molar-refractivity contribution in [3.05, 3.63) is 71.8 Å². The summed E-state index contributed by atoms with van der Waals surface area (Å²) in [6.45, 7) is 5.42. The van der Waals surface area contributed by atoms with Gasteiger partial charge in [-0.05, 0) is 36.8 Å². The summed E-state index contributed by atoms with van der Waals surface area (Å²) in [6.07, 6.45) is 7.10. The van der Waals surface area contributed by atoms with Gasteiger partial charge in [-0.25, -0.2) is 0 Å². The molecule has 148 valence electrons. The quantitative estimate of drug-likeness (QED) is 0.589. The SMILES string of the molecule is CC(NCCNCC(c1ccccc1)c1ccccc1)C1CCCCC1.S. The molecule has 1 aliphatic carbocycles. The zero-order valence-corrected chi connectivity index (χ0v) is 17.7. The average molecular weight is 385 g/mol. The van der Waals surface area contributed by atoms with E-state index in [1.807, 2.05) is 0 Å². The minimum Gasteiger partial charge on any atom is -0.315 e. The summed E-state index contributed by atoms with van der Waals surface area (Å²) in [7, 11) is 0. The van der Waals surface area contributed by atoms with Crippen molar-refractivity contribution in [1.82, 2.24) is 10.6 Å². The Hall–Kier alpha value is -1.29. The maximum Gasteiger partial charge on any atom is 0.0214 e. The highest BCUT2D eigenvalue weighted by atomic mass is 32.1. The molecular formula is C24H36N2S. The summed E-state index contributed by atoms with van der Waals surface area (Å²) in [5.74, 6) is 1.29. The third-order valence-corrected chi connectivity index (χ3v) is 5.88. The zero-order valence-electron chi connectivity index (χ0n) is 16.7. The predicted molar refractivity (Wildman–Crippen MR) is 122 cm³/mol. The number of hydrogen-bond acceptors (Lipinski definition) is 2. The van der Waals surface area contributed by atoms with E-state index in [4.69, 9.17) is 0 Å². The maximum atomic E-state index is 3.74. The second-order valence-corrected chi connectivity index (χ2v) is 7.72. The molecule has 3 rings (SSSR count). The maximum absolute atomic E-state index is 3.74. The van der Waals surface area contributed by atoms with Crippen molar-refractivity contribution in [3.8, 4) is 0 Å². The Morgan fingerprint density at radius 3 is 1.93 bits per heavy atom. The van der Waals surface area contributed by atoms with Crippen LogP contribution in [0.4, 0.5) is 0 Å². The first-order chi connectivity index (χ1) is 12.8. The highest BCUT2D eigenvalue weighted by Crippen LogP contribution is 2.26. The smallest absolute Gasteiger partial charge is 0.0214 e. The van der Waals surface area contributed by atoms with E-state index in [-0.39, 0.29) is 13.5 Å². The summed E-state index contributed by atoms with van der Waals surface area (Å²) in [5.41, 5.74) is 2.77. The first-order valence-corrected chi connectivity index (χ1v) is 10.4. The summed E-state index contributed by atoms with van der Waals surface area (Å²) >= 11 is 0. The second kappa shape index (κ2) is 12.2. The molecule has 2 nitrogen and oxygen atoms in total. The van der Waals surface area contributed by atoms with E-state index in [1.165, 1.54) is 43.2 Å². The molecule has 1 unspecified atom stereocenters. The van der Waals surface area contributed by atoms with Crippen molar-refractivity contribution in [2.45, 2.75) is 51.0 Å². The number of nitrogens with one attached hydrogen (secondary N) is 2. The van der Waals surface area contributed by atoms with Gasteiger partial charge in [-0.1, -0.05) is 79.9 Å². The van der Waals surface area contributed by atoms with Crippen molar-refractivity contribution in [2.75, 3.05) is 19.6 Å². The van der Waals surface area contributed by atoms with Crippen LogP contribution in [0, 0.1) is 5.92 Å². The van der Waals surface area contributed by atoms with Gasteiger partial charge in [0, 0.05) is 31.6 Å². The zero-order chi connectivity index (χ0) is 18.0. The van der Waals surface area contributed by atoms with Crippen molar-refractivity contribution >= 4 is 13.5 Å². The number of hydrogen-bond donors (Lipinski definition) is 2. The van der Waals surface area contributed by atoms with Crippen LogP contribution in [0.5, 0.6) is 0 Å². The third kappa shape index (κ3) is 6.99. The molecule has 1 aliphatic rings. The Kier molecular flexibility index (Phi) is 9.96. The van der Waals surface area contributed by atoms with Crippen LogP contribution in [0.25, 0.3) is 0 Å². The highest BCUT2D eigenvalue weighted by Gasteiger charge is 2.19. The molecule has 0 saturated heterocycles. The molecule has 0 amide bonds. The molecule has 3 heteroatoms. The minimum atomic E-state index is 0. The van der Waals surface area contributed by atoms with Crippen LogP contribution in [0.2, 0.25) is 0 Å². The molecule has 2 aromatic rings. The van der Waals surface area contributed by atoms with E-state index in [9.17, 15) is 0 Å². The molecule has 0 radical (unpaired) electrons. The van der Waals surface area contributed by atoms with Crippen LogP contribution in [-0.4, -0.2) is 25.7 Å². The lowest BCUT2D eigenvalue weighted by Crippen LogP contribution is -2.39. The fourth-order valence-electron chi connectivity index (χ4n) is 4.23. The van der Waals surface area contributed by atoms with Gasteiger partial charge >= 0.3 is 0 Å². The Morgan fingerprint density at radius 1 is 0.815 bits per heavy atom. The van der Waals surface area contributed by atoms with Gasteiger partial charge in [0.05, 0.1) is 0 Å². The summed E-state index contributed by atoms with van der Waals surface area (Å²) in [6, 6.07) is 22.3. The van der Waals surface area contributed by atoms with Gasteiger partial charge in [0.25, 0.3) is 0 Å². The van der Waals surface area contributed by atoms with Crippen LogP contribution in [0.1, 0.15) is 56.1 Å². The van der Waals surface area contributed by atoms with E-state index in [2.05, 4.69) is 78.2 Å². The van der Waals surface area contributed by atoms with Gasteiger partial charge in [-0.3, -0.25) is 0 Å². The molecule has 0 bridgehead atoms. The Morgan fingerprint density at radius 2 is 1.37 bits per heavy atom. The highest BCUT2D eigenvalue weighted by molar-refractivity contribution is 7.59. The first kappa shape index (κ1) is 22.0. The van der Waals surface area contributed by atoms with Crippen molar-refractivity contribution in [2.24, 2.45) is 5.92 Å². The fourth-order valence-corrected chi connectivity index (χ4v) is 4.23. The standard InChI is InChI=1S/C24H34N2.H2S/c1-20(21-11-5-2-6-12-21)26-18-17-25-19-24(22-13-7-3-8-14-22)23-15-9-4-10-16-23;/h3-4,7-10,13-16,20-21,24-26H,2,5-6,11-12,17-19H2,1H3;1H2. The molecule has 0 aromatic heterocycles. The number of rotatable bonds is 9. The number of benzene rings is 2. The average Bonchev–Trinajstić information content (AvgIpc) is 2.72. The van der Waals surface area contributed by atoms with Crippen LogP contribution in [0.15, 0.2) is 60.7 Å². The molecule has 27 heavy (non-hydrogen) atoms. The molecule has 0 aliphatic heterocycles. The lowest BCUT2D eigenvalue weighted by molar-refractivity contribution is 0.282. The van der Waals surface area contributed by atoms with E-state index in [0.29, 0.717) is 12.0 Å². The first-order valence-electron chi connectivity index (χ1n) is 10.4. The van der Waals surface area contributed by atoms with Crippen LogP contribution < -0.4 is 10.6 Å². The molecule has 1 saturated carbocycles. The van der Waals surface area contributed by atoms with Crippen molar-refractivity contribution in [1.29, 1.82) is 0 Å². The summed E-state index contributed by atoms with van der Waals surface area (Å²) in [4.78, 5) is 0. The molecule has 1 atom stereocenters. The topological polar surface area (TPSA) is 24.1 Å². The van der Waals surface area contributed by atoms with Crippen LogP contribution in [-0.2, 0) is 0 Å². The largest absolute Gasteiger partial charge is 0.315 e. The van der Waals surface area contributed by atoms with Gasteiger partial charge in [0.1, 0.15) is 0 Å². The Balaban J connectivity index is 0.00000261. The van der Waals surface area contributed by atoms with Gasteiger partial charge in [-0.2, -0.15) is 13.5 Å². The van der Waals surface area contributed by atoms with E-state index in [0.717, 1.165) is 25.6 Å². The molecule has 0 heterocycles. The van der Waals surface area contributed by atoms with E-state index in [1.54, 1.807) is 0 Å². The molecular weight excluding hydrogens is 348 g/mol. The molecule has 2 N–H and O–H groups in total. The molecule has 2 aromatic carbocycles. The van der Waals surface area contributed by atoms with Gasteiger partial charge in [-0.15, -0.1) is 0 Å². The van der Waals surface area contributed by atoms with Gasteiger partial charge in [0.15, 0.2) is 0 Å². The third-order valence-electron chi connectivity index (χ3n) is 5.88. The lowest BCUT2D eigenvalue weighted by atomic mass is 9.84. The molecule has 1 fully saturated rings. The monoisotopic (exact) mass is 384 g/mol. The minimum absolute atomic E-state index is 0. The second-order valence-electron chi connectivity index (χ2n) is 7.72. The van der Waals surface area contributed by atoms with E-state index < -0.39 is 0 Å².